The first-order valence-electron chi connectivity index (χ1n) is 5.31. The number of hydrogen-bond donors (Lipinski definition) is 3. The van der Waals surface area contributed by atoms with Crippen molar-refractivity contribution in [3.8, 4) is 0 Å². The largest absolute Gasteiger partial charge is 0.397 e. The number of nitrogens with two attached hydrogens (primary N) is 1. The van der Waals surface area contributed by atoms with Gasteiger partial charge in [-0.15, -0.1) is 0 Å². The normalized spacial score (nSPS) is 17.6. The third-order valence-electron chi connectivity index (χ3n) is 2.88. The highest BCUT2D eigenvalue weighted by Gasteiger charge is 2.34. The van der Waals surface area contributed by atoms with Crippen molar-refractivity contribution in [2.75, 3.05) is 12.3 Å². The second kappa shape index (κ2) is 4.09. The van der Waals surface area contributed by atoms with E-state index >= 15 is 0 Å². The SMILES string of the molecule is Nc1ccc(C(=O)NCC2(O)CCC2)nc1. The summed E-state index contributed by atoms with van der Waals surface area (Å²) in [6, 6.07) is 3.19. The number of rotatable bonds is 3. The summed E-state index contributed by atoms with van der Waals surface area (Å²) in [6.45, 7) is 0.290. The van der Waals surface area contributed by atoms with E-state index in [1.165, 1.54) is 6.20 Å². The molecular weight excluding hydrogens is 206 g/mol. The molecule has 0 radical (unpaired) electrons. The van der Waals surface area contributed by atoms with Crippen LogP contribution in [-0.4, -0.2) is 28.1 Å². The van der Waals surface area contributed by atoms with Crippen molar-refractivity contribution >= 4 is 11.6 Å². The van der Waals surface area contributed by atoms with Crippen LogP contribution >= 0.6 is 0 Å². The molecule has 16 heavy (non-hydrogen) atoms. The lowest BCUT2D eigenvalue weighted by Gasteiger charge is -2.36. The predicted octanol–water partition coefficient (Wildman–Crippen LogP) is 0.309. The fourth-order valence-corrected chi connectivity index (χ4v) is 1.64. The van der Waals surface area contributed by atoms with Crippen LogP contribution < -0.4 is 11.1 Å². The van der Waals surface area contributed by atoms with Gasteiger partial charge >= 0.3 is 0 Å². The summed E-state index contributed by atoms with van der Waals surface area (Å²) in [6.07, 6.45) is 3.96. The number of pyridine rings is 1. The number of aliphatic hydroxyl groups is 1. The van der Waals surface area contributed by atoms with Gasteiger partial charge in [-0.1, -0.05) is 0 Å². The third-order valence-corrected chi connectivity index (χ3v) is 2.88. The van der Waals surface area contributed by atoms with Crippen molar-refractivity contribution in [1.29, 1.82) is 0 Å². The van der Waals surface area contributed by atoms with Gasteiger partial charge in [0.1, 0.15) is 5.69 Å². The first-order chi connectivity index (χ1) is 7.59. The van der Waals surface area contributed by atoms with Gasteiger partial charge in [-0.2, -0.15) is 0 Å². The molecule has 0 unspecified atom stereocenters. The minimum atomic E-state index is -0.705. The number of nitrogen functional groups attached to an aromatic ring is 1. The molecule has 0 spiro atoms. The zero-order chi connectivity index (χ0) is 11.6. The van der Waals surface area contributed by atoms with E-state index < -0.39 is 5.60 Å². The van der Waals surface area contributed by atoms with Crippen molar-refractivity contribution in [3.63, 3.8) is 0 Å². The molecule has 4 N–H and O–H groups in total. The first kappa shape index (κ1) is 10.9. The summed E-state index contributed by atoms with van der Waals surface area (Å²) < 4.78 is 0. The Morgan fingerprint density at radius 2 is 2.31 bits per heavy atom. The number of carbonyl (C=O) groups is 1. The maximum absolute atomic E-state index is 11.6. The Hall–Kier alpha value is -1.62. The lowest BCUT2D eigenvalue weighted by Crippen LogP contribution is -2.47. The lowest BCUT2D eigenvalue weighted by atomic mass is 9.80. The molecule has 1 aliphatic carbocycles. The summed E-state index contributed by atoms with van der Waals surface area (Å²) in [7, 11) is 0. The van der Waals surface area contributed by atoms with Crippen molar-refractivity contribution < 1.29 is 9.90 Å². The van der Waals surface area contributed by atoms with Gasteiger partial charge in [0.2, 0.25) is 0 Å². The highest BCUT2D eigenvalue weighted by atomic mass is 16.3. The molecule has 0 aliphatic heterocycles. The lowest BCUT2D eigenvalue weighted by molar-refractivity contribution is -0.0300. The molecule has 0 bridgehead atoms. The second-order valence-corrected chi connectivity index (χ2v) is 4.24. The van der Waals surface area contributed by atoms with E-state index in [2.05, 4.69) is 10.3 Å². The monoisotopic (exact) mass is 221 g/mol. The first-order valence-corrected chi connectivity index (χ1v) is 5.31. The average Bonchev–Trinajstić information content (AvgIpc) is 2.24. The van der Waals surface area contributed by atoms with Crippen molar-refractivity contribution in [2.24, 2.45) is 0 Å². The zero-order valence-corrected chi connectivity index (χ0v) is 8.94. The van der Waals surface area contributed by atoms with E-state index in [0.29, 0.717) is 11.4 Å². The predicted molar refractivity (Wildman–Crippen MR) is 59.8 cm³/mol. The summed E-state index contributed by atoms with van der Waals surface area (Å²) in [4.78, 5) is 15.5. The Kier molecular flexibility index (Phi) is 2.78. The Labute approximate surface area is 93.7 Å². The van der Waals surface area contributed by atoms with Gasteiger partial charge in [0.15, 0.2) is 0 Å². The Bertz CT molecular complexity index is 385. The van der Waals surface area contributed by atoms with Crippen LogP contribution in [0.2, 0.25) is 0 Å². The molecule has 0 atom stereocenters. The number of hydrogen-bond acceptors (Lipinski definition) is 4. The fraction of sp³-hybridized carbons (Fsp3) is 0.455. The number of nitrogens with one attached hydrogen (secondary N) is 1. The summed E-state index contributed by atoms with van der Waals surface area (Å²) in [5.74, 6) is -0.277. The van der Waals surface area contributed by atoms with E-state index in [0.717, 1.165) is 19.3 Å². The molecule has 1 aliphatic rings. The van der Waals surface area contributed by atoms with Gasteiger partial charge in [0.05, 0.1) is 17.5 Å². The maximum Gasteiger partial charge on any atom is 0.269 e. The van der Waals surface area contributed by atoms with Gasteiger partial charge in [0, 0.05) is 6.54 Å². The minimum absolute atomic E-state index is 0.277. The van der Waals surface area contributed by atoms with Crippen LogP contribution in [0.4, 0.5) is 5.69 Å². The van der Waals surface area contributed by atoms with E-state index in [9.17, 15) is 9.90 Å². The van der Waals surface area contributed by atoms with Crippen LogP contribution in [0.15, 0.2) is 18.3 Å². The summed E-state index contributed by atoms with van der Waals surface area (Å²) in [5, 5.41) is 12.5. The average molecular weight is 221 g/mol. The van der Waals surface area contributed by atoms with Gasteiger partial charge < -0.3 is 16.2 Å². The number of amides is 1. The number of nitrogens with zero attached hydrogens (tertiary/aromatic N) is 1. The molecule has 2 rings (SSSR count). The van der Waals surface area contributed by atoms with Crippen molar-refractivity contribution in [1.82, 2.24) is 10.3 Å². The molecule has 1 amide bonds. The molecule has 0 aromatic carbocycles. The van der Waals surface area contributed by atoms with E-state index in [4.69, 9.17) is 5.73 Å². The maximum atomic E-state index is 11.6. The van der Waals surface area contributed by atoms with Crippen molar-refractivity contribution in [2.45, 2.75) is 24.9 Å². The summed E-state index contributed by atoms with van der Waals surface area (Å²) >= 11 is 0. The van der Waals surface area contributed by atoms with E-state index in [1.807, 2.05) is 0 Å². The fourth-order valence-electron chi connectivity index (χ4n) is 1.64. The van der Waals surface area contributed by atoms with Crippen LogP contribution in [0.5, 0.6) is 0 Å². The van der Waals surface area contributed by atoms with Crippen LogP contribution in [-0.2, 0) is 0 Å². The second-order valence-electron chi connectivity index (χ2n) is 4.24. The van der Waals surface area contributed by atoms with Crippen LogP contribution in [0.3, 0.4) is 0 Å². The quantitative estimate of drug-likeness (QED) is 0.685. The van der Waals surface area contributed by atoms with Crippen molar-refractivity contribution in [3.05, 3.63) is 24.0 Å². The molecule has 5 nitrogen and oxygen atoms in total. The molecular formula is C11H15N3O2. The minimum Gasteiger partial charge on any atom is -0.397 e. The van der Waals surface area contributed by atoms with Gasteiger partial charge in [0.25, 0.3) is 5.91 Å². The Balaban J connectivity index is 1.90. The molecule has 1 heterocycles. The molecule has 1 aromatic rings. The number of anilines is 1. The topological polar surface area (TPSA) is 88.2 Å². The molecule has 1 aromatic heterocycles. The zero-order valence-electron chi connectivity index (χ0n) is 8.94. The highest BCUT2D eigenvalue weighted by Crippen LogP contribution is 2.30. The highest BCUT2D eigenvalue weighted by molar-refractivity contribution is 5.92. The third kappa shape index (κ3) is 2.30. The summed E-state index contributed by atoms with van der Waals surface area (Å²) in [5.41, 5.74) is 5.60. The molecule has 5 heteroatoms. The standard InChI is InChI=1S/C11H15N3O2/c12-8-2-3-9(13-6-8)10(15)14-7-11(16)4-1-5-11/h2-3,6,16H,1,4-5,7,12H2,(H,14,15). The van der Waals surface area contributed by atoms with Gasteiger partial charge in [-0.3, -0.25) is 4.79 Å². The molecule has 86 valence electrons. The van der Waals surface area contributed by atoms with Gasteiger partial charge in [-0.05, 0) is 31.4 Å². The Morgan fingerprint density at radius 1 is 1.56 bits per heavy atom. The van der Waals surface area contributed by atoms with Crippen LogP contribution in [0.25, 0.3) is 0 Å². The Morgan fingerprint density at radius 3 is 2.81 bits per heavy atom. The molecule has 1 fully saturated rings. The van der Waals surface area contributed by atoms with E-state index in [-0.39, 0.29) is 12.5 Å². The number of aromatic nitrogens is 1. The smallest absolute Gasteiger partial charge is 0.269 e. The van der Waals surface area contributed by atoms with Crippen LogP contribution in [0, 0.1) is 0 Å². The van der Waals surface area contributed by atoms with E-state index in [1.54, 1.807) is 12.1 Å². The molecule has 0 saturated heterocycles. The molecule has 1 saturated carbocycles. The number of carbonyl (C=O) groups excluding carboxylic acids is 1. The van der Waals surface area contributed by atoms with Crippen LogP contribution in [0.1, 0.15) is 29.8 Å². The van der Waals surface area contributed by atoms with Gasteiger partial charge in [-0.25, -0.2) is 4.98 Å².